The molecule has 0 spiro atoms. The van der Waals surface area contributed by atoms with E-state index in [1.807, 2.05) is 13.0 Å². The van der Waals surface area contributed by atoms with Crippen LogP contribution in [0.1, 0.15) is 30.1 Å². The summed E-state index contributed by atoms with van der Waals surface area (Å²) in [5.41, 5.74) is 1.35. The van der Waals surface area contributed by atoms with Gasteiger partial charge in [0.05, 0.1) is 0 Å². The Kier molecular flexibility index (Phi) is 3.76. The third-order valence-electron chi connectivity index (χ3n) is 3.62. The van der Waals surface area contributed by atoms with E-state index in [0.717, 1.165) is 11.1 Å². The van der Waals surface area contributed by atoms with E-state index >= 15 is 0 Å². The van der Waals surface area contributed by atoms with E-state index in [1.54, 1.807) is 19.5 Å². The second kappa shape index (κ2) is 5.12. The Balaban J connectivity index is 2.28. The molecular formula is C13H19NO3. The Hall–Kier alpha value is -0.970. The van der Waals surface area contributed by atoms with Crippen LogP contribution in [0.2, 0.25) is 0 Å². The Morgan fingerprint density at radius 1 is 1.47 bits per heavy atom. The Bertz CT molecular complexity index is 375. The van der Waals surface area contributed by atoms with Crippen molar-refractivity contribution in [3.05, 3.63) is 29.6 Å². The van der Waals surface area contributed by atoms with Crippen LogP contribution >= 0.6 is 0 Å². The molecule has 1 atom stereocenters. The van der Waals surface area contributed by atoms with Crippen LogP contribution < -0.4 is 0 Å². The van der Waals surface area contributed by atoms with E-state index in [9.17, 15) is 5.11 Å². The van der Waals surface area contributed by atoms with Crippen LogP contribution in [0.15, 0.2) is 18.5 Å². The quantitative estimate of drug-likeness (QED) is 0.868. The van der Waals surface area contributed by atoms with Gasteiger partial charge in [0, 0.05) is 51.1 Å². The first-order chi connectivity index (χ1) is 8.19. The van der Waals surface area contributed by atoms with Gasteiger partial charge in [-0.25, -0.2) is 0 Å². The molecule has 2 rings (SSSR count). The number of rotatable bonds is 3. The third-order valence-corrected chi connectivity index (χ3v) is 3.62. The average molecular weight is 237 g/mol. The zero-order chi connectivity index (χ0) is 12.3. The van der Waals surface area contributed by atoms with Crippen molar-refractivity contribution in [2.24, 2.45) is 0 Å². The number of ether oxygens (including phenoxy) is 2. The number of hydrogen-bond donors (Lipinski definition) is 1. The Morgan fingerprint density at radius 3 is 2.76 bits per heavy atom. The molecule has 1 aromatic rings. The molecule has 94 valence electrons. The first-order valence-corrected chi connectivity index (χ1v) is 5.91. The SMILES string of the molecule is COC1(C(O)c2cnccc2C)CCOCC1. The van der Waals surface area contributed by atoms with Gasteiger partial charge in [0.2, 0.25) is 0 Å². The second-order valence-electron chi connectivity index (χ2n) is 4.52. The molecule has 0 aliphatic carbocycles. The van der Waals surface area contributed by atoms with Crippen LogP contribution in [0.5, 0.6) is 0 Å². The molecule has 1 fully saturated rings. The van der Waals surface area contributed by atoms with Gasteiger partial charge in [0.1, 0.15) is 11.7 Å². The van der Waals surface area contributed by atoms with Crippen LogP contribution in [0, 0.1) is 6.92 Å². The lowest BCUT2D eigenvalue weighted by atomic mass is 9.83. The number of aromatic nitrogens is 1. The zero-order valence-electron chi connectivity index (χ0n) is 10.3. The maximum atomic E-state index is 10.6. The topological polar surface area (TPSA) is 51.6 Å². The van der Waals surface area contributed by atoms with Gasteiger partial charge < -0.3 is 14.6 Å². The van der Waals surface area contributed by atoms with E-state index in [0.29, 0.717) is 26.1 Å². The summed E-state index contributed by atoms with van der Waals surface area (Å²) >= 11 is 0. The molecule has 4 heteroatoms. The molecule has 4 nitrogen and oxygen atoms in total. The fourth-order valence-electron chi connectivity index (χ4n) is 2.35. The zero-order valence-corrected chi connectivity index (χ0v) is 10.3. The average Bonchev–Trinajstić information content (AvgIpc) is 2.39. The standard InChI is InChI=1S/C13H19NO3/c1-10-3-6-14-9-11(10)12(15)13(16-2)4-7-17-8-5-13/h3,6,9,12,15H,4-5,7-8H2,1-2H3. The molecule has 17 heavy (non-hydrogen) atoms. The fourth-order valence-corrected chi connectivity index (χ4v) is 2.35. The van der Waals surface area contributed by atoms with Crippen LogP contribution in [-0.2, 0) is 9.47 Å². The number of aryl methyl sites for hydroxylation is 1. The number of aliphatic hydroxyl groups is 1. The van der Waals surface area contributed by atoms with Crippen molar-refractivity contribution in [3.63, 3.8) is 0 Å². The van der Waals surface area contributed by atoms with Crippen molar-refractivity contribution in [2.45, 2.75) is 31.5 Å². The predicted octanol–water partition coefficient (Wildman–Crippen LogP) is 1.62. The van der Waals surface area contributed by atoms with Crippen molar-refractivity contribution < 1.29 is 14.6 Å². The maximum Gasteiger partial charge on any atom is 0.110 e. The second-order valence-corrected chi connectivity index (χ2v) is 4.52. The molecule has 1 unspecified atom stereocenters. The molecule has 1 saturated heterocycles. The van der Waals surface area contributed by atoms with E-state index in [1.165, 1.54) is 0 Å². The van der Waals surface area contributed by atoms with Gasteiger partial charge in [-0.1, -0.05) is 0 Å². The van der Waals surface area contributed by atoms with Crippen molar-refractivity contribution in [1.29, 1.82) is 0 Å². The summed E-state index contributed by atoms with van der Waals surface area (Å²) in [5.74, 6) is 0. The molecule has 1 aromatic heterocycles. The van der Waals surface area contributed by atoms with E-state index in [4.69, 9.17) is 9.47 Å². The summed E-state index contributed by atoms with van der Waals surface area (Å²) in [7, 11) is 1.65. The summed E-state index contributed by atoms with van der Waals surface area (Å²) in [6, 6.07) is 1.90. The number of nitrogens with zero attached hydrogens (tertiary/aromatic N) is 1. The highest BCUT2D eigenvalue weighted by atomic mass is 16.5. The highest BCUT2D eigenvalue weighted by molar-refractivity contribution is 5.26. The molecule has 1 N–H and O–H groups in total. The number of hydrogen-bond acceptors (Lipinski definition) is 4. The molecule has 2 heterocycles. The van der Waals surface area contributed by atoms with Gasteiger partial charge in [0.15, 0.2) is 0 Å². The summed E-state index contributed by atoms with van der Waals surface area (Å²) < 4.78 is 10.9. The fraction of sp³-hybridized carbons (Fsp3) is 0.615. The minimum Gasteiger partial charge on any atom is -0.385 e. The number of methoxy groups -OCH3 is 1. The van der Waals surface area contributed by atoms with Gasteiger partial charge in [-0.05, 0) is 18.6 Å². The highest BCUT2D eigenvalue weighted by Gasteiger charge is 2.41. The van der Waals surface area contributed by atoms with Gasteiger partial charge in [-0.3, -0.25) is 4.98 Å². The normalized spacial score (nSPS) is 21.1. The van der Waals surface area contributed by atoms with E-state index in [2.05, 4.69) is 4.98 Å². The minimum atomic E-state index is -0.648. The Morgan fingerprint density at radius 2 is 2.18 bits per heavy atom. The molecule has 0 bridgehead atoms. The lowest BCUT2D eigenvalue weighted by Crippen LogP contribution is -2.44. The van der Waals surface area contributed by atoms with Gasteiger partial charge in [-0.2, -0.15) is 0 Å². The molecule has 1 aliphatic rings. The largest absolute Gasteiger partial charge is 0.385 e. The third kappa shape index (κ3) is 2.34. The van der Waals surface area contributed by atoms with Crippen LogP contribution in [0.4, 0.5) is 0 Å². The molecule has 0 aromatic carbocycles. The summed E-state index contributed by atoms with van der Waals surface area (Å²) in [5, 5.41) is 10.6. The number of pyridine rings is 1. The van der Waals surface area contributed by atoms with Crippen LogP contribution in [-0.4, -0.2) is 36.0 Å². The van der Waals surface area contributed by atoms with Crippen LogP contribution in [0.25, 0.3) is 0 Å². The first-order valence-electron chi connectivity index (χ1n) is 5.91. The number of aliphatic hydroxyl groups excluding tert-OH is 1. The van der Waals surface area contributed by atoms with Gasteiger partial charge >= 0.3 is 0 Å². The maximum absolute atomic E-state index is 10.6. The van der Waals surface area contributed by atoms with Crippen LogP contribution in [0.3, 0.4) is 0 Å². The van der Waals surface area contributed by atoms with Gasteiger partial charge in [0.25, 0.3) is 0 Å². The minimum absolute atomic E-state index is 0.536. The van der Waals surface area contributed by atoms with Crippen molar-refractivity contribution >= 4 is 0 Å². The summed E-state index contributed by atoms with van der Waals surface area (Å²) in [6.45, 7) is 3.23. The van der Waals surface area contributed by atoms with Crippen molar-refractivity contribution in [2.75, 3.05) is 20.3 Å². The van der Waals surface area contributed by atoms with E-state index < -0.39 is 11.7 Å². The lowest BCUT2D eigenvalue weighted by molar-refractivity contribution is -0.154. The van der Waals surface area contributed by atoms with Gasteiger partial charge in [-0.15, -0.1) is 0 Å². The van der Waals surface area contributed by atoms with Crippen molar-refractivity contribution in [3.8, 4) is 0 Å². The predicted molar refractivity (Wildman–Crippen MR) is 63.7 cm³/mol. The summed E-state index contributed by atoms with van der Waals surface area (Å²) in [4.78, 5) is 4.08. The monoisotopic (exact) mass is 237 g/mol. The van der Waals surface area contributed by atoms with E-state index in [-0.39, 0.29) is 0 Å². The lowest BCUT2D eigenvalue weighted by Gasteiger charge is -2.40. The molecule has 0 radical (unpaired) electrons. The van der Waals surface area contributed by atoms with Crippen molar-refractivity contribution in [1.82, 2.24) is 4.98 Å². The highest BCUT2D eigenvalue weighted by Crippen LogP contribution is 2.37. The molecule has 0 saturated carbocycles. The smallest absolute Gasteiger partial charge is 0.110 e. The molecule has 1 aliphatic heterocycles. The molecular weight excluding hydrogens is 218 g/mol. The summed E-state index contributed by atoms with van der Waals surface area (Å²) in [6.07, 6.45) is 4.22. The Labute approximate surface area is 102 Å². The first kappa shape index (κ1) is 12.5. The molecule has 0 amide bonds.